The van der Waals surface area contributed by atoms with Gasteiger partial charge in [-0.15, -0.1) is 0 Å². The minimum atomic E-state index is -0.227. The summed E-state index contributed by atoms with van der Waals surface area (Å²) in [6.07, 6.45) is 2.52. The van der Waals surface area contributed by atoms with Gasteiger partial charge in [-0.2, -0.15) is 4.74 Å². The van der Waals surface area contributed by atoms with Crippen LogP contribution < -0.4 is 5.43 Å². The van der Waals surface area contributed by atoms with Gasteiger partial charge in [0, 0.05) is 16.6 Å². The molecule has 0 saturated heterocycles. The monoisotopic (exact) mass is 343 g/mol. The summed E-state index contributed by atoms with van der Waals surface area (Å²) < 4.78 is 6.90. The Kier molecular flexibility index (Phi) is 3.58. The molecule has 5 heteroatoms. The molecule has 0 N–H and O–H groups in total. The van der Waals surface area contributed by atoms with Crippen molar-refractivity contribution < 1.29 is 9.16 Å². The lowest BCUT2D eigenvalue weighted by molar-refractivity contribution is -0.354. The first-order valence-electron chi connectivity index (χ1n) is 6.22. The zero-order chi connectivity index (χ0) is 14.8. The number of benzene rings is 2. The number of para-hydroxylation sites is 1. The first-order chi connectivity index (χ1) is 10.1. The third-order valence-corrected chi connectivity index (χ3v) is 3.57. The molecule has 0 radical (unpaired) electrons. The summed E-state index contributed by atoms with van der Waals surface area (Å²) in [5.74, 6) is 0. The molecule has 4 nitrogen and oxygen atoms in total. The molecule has 0 saturated carbocycles. The Labute approximate surface area is 128 Å². The van der Waals surface area contributed by atoms with Gasteiger partial charge in [0.15, 0.2) is 6.21 Å². The van der Waals surface area contributed by atoms with Crippen molar-refractivity contribution in [3.63, 3.8) is 0 Å². The SMILES string of the molecule is O=c1c(/C=[N+](\[O-])c2ccc(Br)cc2)coc2ccccc12. The minimum absolute atomic E-state index is 0.214. The highest BCUT2D eigenvalue weighted by Gasteiger charge is 2.09. The number of nitrogens with zero attached hydrogens (tertiary/aromatic N) is 1. The van der Waals surface area contributed by atoms with Crippen molar-refractivity contribution >= 4 is 38.8 Å². The van der Waals surface area contributed by atoms with E-state index in [1.165, 1.54) is 12.5 Å². The van der Waals surface area contributed by atoms with Gasteiger partial charge in [-0.3, -0.25) is 4.79 Å². The Bertz CT molecular complexity index is 882. The van der Waals surface area contributed by atoms with E-state index in [-0.39, 0.29) is 11.0 Å². The number of rotatable bonds is 2. The van der Waals surface area contributed by atoms with Crippen LogP contribution in [0.4, 0.5) is 5.69 Å². The lowest BCUT2D eigenvalue weighted by Crippen LogP contribution is -2.11. The summed E-state index contributed by atoms with van der Waals surface area (Å²) in [7, 11) is 0. The highest BCUT2D eigenvalue weighted by Crippen LogP contribution is 2.16. The van der Waals surface area contributed by atoms with Crippen molar-refractivity contribution in [3.05, 3.63) is 80.3 Å². The first-order valence-corrected chi connectivity index (χ1v) is 7.02. The lowest BCUT2D eigenvalue weighted by Gasteiger charge is -2.03. The molecular formula is C16H10BrNO3. The van der Waals surface area contributed by atoms with Crippen molar-refractivity contribution in [2.75, 3.05) is 0 Å². The summed E-state index contributed by atoms with van der Waals surface area (Å²) in [5, 5.41) is 12.5. The van der Waals surface area contributed by atoms with Crippen molar-refractivity contribution in [1.29, 1.82) is 0 Å². The van der Waals surface area contributed by atoms with E-state index in [1.54, 1.807) is 48.5 Å². The second-order valence-electron chi connectivity index (χ2n) is 4.45. The molecule has 0 atom stereocenters. The van der Waals surface area contributed by atoms with Gasteiger partial charge in [-0.05, 0) is 24.3 Å². The number of halogens is 1. The molecule has 0 aliphatic heterocycles. The summed E-state index contributed by atoms with van der Waals surface area (Å²) in [6, 6.07) is 13.8. The fourth-order valence-electron chi connectivity index (χ4n) is 1.97. The standard InChI is InChI=1S/C16H10BrNO3/c17-12-5-7-13(8-6-12)18(20)9-11-10-21-15-4-2-1-3-14(15)16(11)19/h1-10H/b18-9-. The van der Waals surface area contributed by atoms with E-state index in [4.69, 9.17) is 4.42 Å². The van der Waals surface area contributed by atoms with Crippen molar-refractivity contribution in [2.24, 2.45) is 0 Å². The topological polar surface area (TPSA) is 56.3 Å². The number of fused-ring (bicyclic) bond motifs is 1. The zero-order valence-electron chi connectivity index (χ0n) is 10.8. The van der Waals surface area contributed by atoms with Crippen LogP contribution in [-0.2, 0) is 0 Å². The third kappa shape index (κ3) is 2.73. The molecule has 3 rings (SSSR count). The van der Waals surface area contributed by atoms with Gasteiger partial charge in [-0.25, -0.2) is 0 Å². The maximum Gasteiger partial charge on any atom is 0.216 e. The van der Waals surface area contributed by atoms with Crippen LogP contribution in [0.2, 0.25) is 0 Å². The Morgan fingerprint density at radius 1 is 1.10 bits per heavy atom. The number of hydrogen-bond acceptors (Lipinski definition) is 3. The van der Waals surface area contributed by atoms with Gasteiger partial charge in [0.1, 0.15) is 17.4 Å². The largest absolute Gasteiger partial charge is 0.618 e. The maximum atomic E-state index is 12.3. The van der Waals surface area contributed by atoms with E-state index in [0.29, 0.717) is 21.4 Å². The second kappa shape index (κ2) is 5.54. The van der Waals surface area contributed by atoms with Crippen LogP contribution in [0.25, 0.3) is 11.0 Å². The minimum Gasteiger partial charge on any atom is -0.618 e. The van der Waals surface area contributed by atoms with E-state index < -0.39 is 0 Å². The van der Waals surface area contributed by atoms with E-state index in [0.717, 1.165) is 4.47 Å². The maximum absolute atomic E-state index is 12.3. The lowest BCUT2D eigenvalue weighted by atomic mass is 10.2. The molecule has 0 spiro atoms. The molecule has 0 amide bonds. The molecule has 1 heterocycles. The Balaban J connectivity index is 2.08. The summed E-state index contributed by atoms with van der Waals surface area (Å²) in [5.41, 5.74) is 0.924. The van der Waals surface area contributed by atoms with Crippen molar-refractivity contribution in [2.45, 2.75) is 0 Å². The van der Waals surface area contributed by atoms with Crippen molar-refractivity contribution in [3.8, 4) is 0 Å². The second-order valence-corrected chi connectivity index (χ2v) is 5.36. The van der Waals surface area contributed by atoms with E-state index in [1.807, 2.05) is 0 Å². The molecule has 104 valence electrons. The van der Waals surface area contributed by atoms with Gasteiger partial charge in [0.2, 0.25) is 11.1 Å². The molecule has 0 unspecified atom stereocenters. The average Bonchev–Trinajstić information content (AvgIpc) is 2.51. The quantitative estimate of drug-likeness (QED) is 0.307. The molecule has 0 fully saturated rings. The molecule has 0 aliphatic rings. The summed E-state index contributed by atoms with van der Waals surface area (Å²) >= 11 is 3.30. The number of hydrogen-bond donors (Lipinski definition) is 0. The highest BCUT2D eigenvalue weighted by molar-refractivity contribution is 9.10. The van der Waals surface area contributed by atoms with Crippen LogP contribution >= 0.6 is 15.9 Å². The van der Waals surface area contributed by atoms with Crippen LogP contribution in [0.3, 0.4) is 0 Å². The van der Waals surface area contributed by atoms with Gasteiger partial charge in [0.25, 0.3) is 0 Å². The highest BCUT2D eigenvalue weighted by atomic mass is 79.9. The Morgan fingerprint density at radius 3 is 2.57 bits per heavy atom. The molecule has 3 aromatic rings. The van der Waals surface area contributed by atoms with Crippen LogP contribution in [-0.4, -0.2) is 11.0 Å². The molecular weight excluding hydrogens is 334 g/mol. The fraction of sp³-hybridized carbons (Fsp3) is 0. The van der Waals surface area contributed by atoms with E-state index >= 15 is 0 Å². The normalized spacial score (nSPS) is 11.8. The summed E-state index contributed by atoms with van der Waals surface area (Å²) in [4.78, 5) is 12.3. The fourth-order valence-corrected chi connectivity index (χ4v) is 2.24. The van der Waals surface area contributed by atoms with Crippen LogP contribution in [0, 0.1) is 5.21 Å². The molecule has 1 aromatic heterocycles. The predicted molar refractivity (Wildman–Crippen MR) is 85.1 cm³/mol. The molecule has 2 aromatic carbocycles. The molecule has 0 aliphatic carbocycles. The Morgan fingerprint density at radius 2 is 1.81 bits per heavy atom. The smallest absolute Gasteiger partial charge is 0.216 e. The van der Waals surface area contributed by atoms with Crippen LogP contribution in [0.15, 0.2) is 68.5 Å². The molecule has 0 bridgehead atoms. The first kappa shape index (κ1) is 13.6. The third-order valence-electron chi connectivity index (χ3n) is 3.04. The predicted octanol–water partition coefficient (Wildman–Crippen LogP) is 3.82. The van der Waals surface area contributed by atoms with Gasteiger partial charge in [0.05, 0.1) is 5.39 Å². The van der Waals surface area contributed by atoms with Crippen LogP contribution in [0.5, 0.6) is 0 Å². The summed E-state index contributed by atoms with van der Waals surface area (Å²) in [6.45, 7) is 0. The van der Waals surface area contributed by atoms with Gasteiger partial charge < -0.3 is 9.62 Å². The van der Waals surface area contributed by atoms with Gasteiger partial charge >= 0.3 is 0 Å². The average molecular weight is 344 g/mol. The molecule has 21 heavy (non-hydrogen) atoms. The Hall–Kier alpha value is -2.40. The van der Waals surface area contributed by atoms with Crippen LogP contribution in [0.1, 0.15) is 5.56 Å². The van der Waals surface area contributed by atoms with E-state index in [2.05, 4.69) is 15.9 Å². The van der Waals surface area contributed by atoms with Crippen molar-refractivity contribution in [1.82, 2.24) is 0 Å². The van der Waals surface area contributed by atoms with E-state index in [9.17, 15) is 10.0 Å². The zero-order valence-corrected chi connectivity index (χ0v) is 12.4. The van der Waals surface area contributed by atoms with Gasteiger partial charge in [-0.1, -0.05) is 28.1 Å².